The number of nitrogens with one attached hydrogen (secondary N) is 1. The predicted molar refractivity (Wildman–Crippen MR) is 375 cm³/mol. The van der Waals surface area contributed by atoms with E-state index in [9.17, 15) is 19.8 Å². The van der Waals surface area contributed by atoms with E-state index >= 15 is 0 Å². The topological polar surface area (TPSA) is 95.9 Å². The molecule has 0 rings (SSSR count). The van der Waals surface area contributed by atoms with Crippen LogP contribution >= 0.6 is 0 Å². The monoisotopic (exact) mass is 1200 g/mol. The maximum Gasteiger partial charge on any atom is 0.305 e. The highest BCUT2D eigenvalue weighted by Gasteiger charge is 2.20. The molecule has 0 saturated heterocycles. The molecule has 0 aliphatic carbocycles. The van der Waals surface area contributed by atoms with Crippen molar-refractivity contribution in [1.82, 2.24) is 5.32 Å². The van der Waals surface area contributed by atoms with E-state index in [2.05, 4.69) is 19.2 Å². The van der Waals surface area contributed by atoms with Gasteiger partial charge in [-0.25, -0.2) is 0 Å². The van der Waals surface area contributed by atoms with Crippen molar-refractivity contribution in [3.8, 4) is 0 Å². The highest BCUT2D eigenvalue weighted by Crippen LogP contribution is 2.21. The van der Waals surface area contributed by atoms with Crippen LogP contribution in [0.2, 0.25) is 0 Å². The van der Waals surface area contributed by atoms with Crippen LogP contribution in [0.3, 0.4) is 0 Å². The molecule has 0 heterocycles. The van der Waals surface area contributed by atoms with E-state index in [4.69, 9.17) is 4.74 Å². The number of carbonyl (C=O) groups excluding carboxylic acids is 2. The van der Waals surface area contributed by atoms with Crippen LogP contribution in [0.1, 0.15) is 470 Å². The van der Waals surface area contributed by atoms with Gasteiger partial charge in [0.05, 0.1) is 25.4 Å². The third-order valence-corrected chi connectivity index (χ3v) is 19.2. The molecule has 6 heteroatoms. The highest BCUT2D eigenvalue weighted by molar-refractivity contribution is 5.76. The second kappa shape index (κ2) is 75.3. The average Bonchev–Trinajstić information content (AvgIpc) is 3.51. The average molecular weight is 1200 g/mol. The van der Waals surface area contributed by atoms with E-state index in [1.54, 1.807) is 0 Å². The Labute approximate surface area is 534 Å². The van der Waals surface area contributed by atoms with Crippen LogP contribution in [0.4, 0.5) is 0 Å². The summed E-state index contributed by atoms with van der Waals surface area (Å²) in [7, 11) is 0. The molecule has 0 aromatic heterocycles. The summed E-state index contributed by atoms with van der Waals surface area (Å²) < 4.78 is 5.52. The van der Waals surface area contributed by atoms with Gasteiger partial charge in [-0.3, -0.25) is 9.59 Å². The van der Waals surface area contributed by atoms with Crippen LogP contribution in [0.15, 0.2) is 0 Å². The molecule has 0 aliphatic heterocycles. The second-order valence-electron chi connectivity index (χ2n) is 27.8. The first-order valence-electron chi connectivity index (χ1n) is 39.8. The van der Waals surface area contributed by atoms with Crippen molar-refractivity contribution >= 4 is 11.9 Å². The zero-order valence-electron chi connectivity index (χ0n) is 58.4. The molecule has 0 aromatic rings. The fraction of sp³-hybridized carbons (Fsp3) is 0.975. The molecule has 0 aliphatic rings. The summed E-state index contributed by atoms with van der Waals surface area (Å²) in [6.07, 6.45) is 93.4. The van der Waals surface area contributed by atoms with Crippen molar-refractivity contribution in [1.29, 1.82) is 0 Å². The number of aliphatic hydroxyl groups excluding tert-OH is 2. The van der Waals surface area contributed by atoms with Crippen molar-refractivity contribution in [2.75, 3.05) is 13.2 Å². The van der Waals surface area contributed by atoms with Gasteiger partial charge in [0.25, 0.3) is 0 Å². The minimum Gasteiger partial charge on any atom is -0.466 e. The third-order valence-electron chi connectivity index (χ3n) is 19.2. The lowest BCUT2D eigenvalue weighted by atomic mass is 10.0. The number of esters is 1. The van der Waals surface area contributed by atoms with Gasteiger partial charge in [-0.15, -0.1) is 0 Å². The minimum absolute atomic E-state index is 0.0249. The van der Waals surface area contributed by atoms with Crippen LogP contribution in [-0.2, 0) is 14.3 Å². The van der Waals surface area contributed by atoms with Crippen LogP contribution < -0.4 is 5.32 Å². The molecule has 508 valence electrons. The maximum absolute atomic E-state index is 12.6. The Morgan fingerprint density at radius 1 is 0.282 bits per heavy atom. The van der Waals surface area contributed by atoms with Gasteiger partial charge in [0.15, 0.2) is 0 Å². The molecule has 0 fully saturated rings. The fourth-order valence-corrected chi connectivity index (χ4v) is 13.1. The number of hydrogen-bond acceptors (Lipinski definition) is 5. The van der Waals surface area contributed by atoms with Gasteiger partial charge in [-0.1, -0.05) is 431 Å². The standard InChI is InChI=1S/C79H157NO5/c1-3-5-7-9-11-13-15-17-19-21-22-36-40-43-47-51-55-59-63-67-71-77(82)76(75-81)80-78(83)72-68-64-60-56-52-48-44-41-37-34-32-30-28-26-24-23-25-27-29-31-33-35-38-42-46-50-54-58-62-66-70-74-85-79(84)73-69-65-61-57-53-49-45-39-20-18-16-14-12-10-8-6-4-2/h76-77,81-82H,3-75H2,1-2H3,(H,80,83). The van der Waals surface area contributed by atoms with Crippen LogP contribution in [0.25, 0.3) is 0 Å². The summed E-state index contributed by atoms with van der Waals surface area (Å²) in [5.41, 5.74) is 0. The summed E-state index contributed by atoms with van der Waals surface area (Å²) in [5.74, 6) is 0.00139. The van der Waals surface area contributed by atoms with Crippen molar-refractivity contribution in [2.24, 2.45) is 0 Å². The summed E-state index contributed by atoms with van der Waals surface area (Å²) in [6.45, 7) is 5.02. The van der Waals surface area contributed by atoms with Gasteiger partial charge < -0.3 is 20.3 Å². The number of carbonyl (C=O) groups is 2. The molecule has 85 heavy (non-hydrogen) atoms. The van der Waals surface area contributed by atoms with Crippen LogP contribution in [0.5, 0.6) is 0 Å². The Hall–Kier alpha value is -1.14. The smallest absolute Gasteiger partial charge is 0.305 e. The normalized spacial score (nSPS) is 12.4. The number of ether oxygens (including phenoxy) is 1. The lowest BCUT2D eigenvalue weighted by molar-refractivity contribution is -0.143. The Kier molecular flexibility index (Phi) is 74.3. The van der Waals surface area contributed by atoms with Crippen LogP contribution in [0, 0.1) is 0 Å². The van der Waals surface area contributed by atoms with E-state index in [0.717, 1.165) is 38.5 Å². The predicted octanol–water partition coefficient (Wildman–Crippen LogP) is 26.1. The molecule has 0 saturated carbocycles. The van der Waals surface area contributed by atoms with E-state index in [-0.39, 0.29) is 18.5 Å². The van der Waals surface area contributed by atoms with E-state index < -0.39 is 12.1 Å². The first-order valence-corrected chi connectivity index (χ1v) is 39.8. The Balaban J connectivity index is 3.31. The summed E-state index contributed by atoms with van der Waals surface area (Å²) in [6, 6.07) is -0.538. The van der Waals surface area contributed by atoms with Crippen molar-refractivity contribution in [3.63, 3.8) is 0 Å². The molecule has 2 atom stereocenters. The highest BCUT2D eigenvalue weighted by atomic mass is 16.5. The van der Waals surface area contributed by atoms with E-state index in [0.29, 0.717) is 25.9 Å². The molecule has 0 aromatic carbocycles. The Bertz CT molecular complexity index is 1240. The van der Waals surface area contributed by atoms with Gasteiger partial charge >= 0.3 is 5.97 Å². The molecule has 3 N–H and O–H groups in total. The number of unbranched alkanes of at least 4 members (excludes halogenated alkanes) is 65. The minimum atomic E-state index is -0.661. The largest absolute Gasteiger partial charge is 0.466 e. The first-order chi connectivity index (χ1) is 42.0. The zero-order chi connectivity index (χ0) is 61.3. The SMILES string of the molecule is CCCCCCCCCCCCCCCCCCCCCCC(O)C(CO)NC(=O)CCCCCCCCCCCCCCCCCCCCCCCCCCCCCCCCCOC(=O)CCCCCCCCCCCCCCCCCCC. The molecule has 6 nitrogen and oxygen atoms in total. The first kappa shape index (κ1) is 83.9. The lowest BCUT2D eigenvalue weighted by Gasteiger charge is -2.22. The molecule has 0 bridgehead atoms. The number of aliphatic hydroxyl groups is 2. The molecule has 2 unspecified atom stereocenters. The molecular weight excluding hydrogens is 1040 g/mol. The molecule has 1 amide bonds. The van der Waals surface area contributed by atoms with Gasteiger partial charge in [-0.05, 0) is 25.7 Å². The molecule has 0 spiro atoms. The van der Waals surface area contributed by atoms with Gasteiger partial charge in [-0.2, -0.15) is 0 Å². The zero-order valence-corrected chi connectivity index (χ0v) is 58.4. The van der Waals surface area contributed by atoms with Gasteiger partial charge in [0.1, 0.15) is 0 Å². The van der Waals surface area contributed by atoms with Crippen LogP contribution in [-0.4, -0.2) is 47.4 Å². The number of amides is 1. The van der Waals surface area contributed by atoms with Crippen molar-refractivity contribution in [3.05, 3.63) is 0 Å². The lowest BCUT2D eigenvalue weighted by Crippen LogP contribution is -2.45. The Morgan fingerprint density at radius 3 is 0.718 bits per heavy atom. The van der Waals surface area contributed by atoms with Crippen molar-refractivity contribution in [2.45, 2.75) is 482 Å². The maximum atomic E-state index is 12.6. The molecular formula is C79H157NO5. The summed E-state index contributed by atoms with van der Waals surface area (Å²) in [4.78, 5) is 24.7. The molecule has 0 radical (unpaired) electrons. The summed E-state index contributed by atoms with van der Waals surface area (Å²) in [5, 5.41) is 23.4. The summed E-state index contributed by atoms with van der Waals surface area (Å²) >= 11 is 0. The quantitative estimate of drug-likeness (QED) is 0.0417. The van der Waals surface area contributed by atoms with Gasteiger partial charge in [0, 0.05) is 12.8 Å². The second-order valence-corrected chi connectivity index (χ2v) is 27.8. The third kappa shape index (κ3) is 71.8. The van der Waals surface area contributed by atoms with E-state index in [1.807, 2.05) is 0 Å². The van der Waals surface area contributed by atoms with Gasteiger partial charge in [0.2, 0.25) is 5.91 Å². The van der Waals surface area contributed by atoms with Crippen molar-refractivity contribution < 1.29 is 24.5 Å². The number of rotatable bonds is 76. The van der Waals surface area contributed by atoms with E-state index in [1.165, 1.54) is 398 Å². The fourth-order valence-electron chi connectivity index (χ4n) is 13.1. The Morgan fingerprint density at radius 2 is 0.482 bits per heavy atom. The number of hydrogen-bond donors (Lipinski definition) is 3.